The third-order valence-electron chi connectivity index (χ3n) is 1.89. The Morgan fingerprint density at radius 2 is 1.80 bits per heavy atom. The highest BCUT2D eigenvalue weighted by Crippen LogP contribution is 2.09. The smallest absolute Gasteiger partial charge is 0.154 e. The summed E-state index contributed by atoms with van der Waals surface area (Å²) >= 11 is 5.42. The first-order valence-electron chi connectivity index (χ1n) is 4.54. The molecule has 0 saturated heterocycles. The second-order valence-electron chi connectivity index (χ2n) is 3.26. The summed E-state index contributed by atoms with van der Waals surface area (Å²) in [6.45, 7) is 0. The molecule has 0 radical (unpaired) electrons. The molecule has 1 aromatic carbocycles. The quantitative estimate of drug-likeness (QED) is 0.752. The number of hydrogen-bond donors (Lipinski definition) is 0. The largest absolute Gasteiger partial charge is 0.228 e. The first-order chi connectivity index (χ1) is 7.03. The van der Waals surface area contributed by atoms with Crippen LogP contribution in [-0.2, 0) is 15.6 Å². The summed E-state index contributed by atoms with van der Waals surface area (Å²) < 4.78 is 35.5. The summed E-state index contributed by atoms with van der Waals surface area (Å²) in [5, 5.41) is 0. The maximum absolute atomic E-state index is 12.6. The van der Waals surface area contributed by atoms with Crippen LogP contribution in [0.3, 0.4) is 0 Å². The Labute approximate surface area is 94.0 Å². The molecule has 0 amide bonds. The Hall–Kier alpha value is -0.610. The van der Waals surface area contributed by atoms with Crippen LogP contribution in [0.2, 0.25) is 0 Å². The summed E-state index contributed by atoms with van der Waals surface area (Å²) in [5.41, 5.74) is 0.603. The summed E-state index contributed by atoms with van der Waals surface area (Å²) in [6, 6.07) is 5.47. The number of sulfone groups is 1. The van der Waals surface area contributed by atoms with E-state index in [4.69, 9.17) is 11.6 Å². The fourth-order valence-corrected chi connectivity index (χ4v) is 2.90. The molecular weight excluding hydrogens is 239 g/mol. The van der Waals surface area contributed by atoms with Gasteiger partial charge in [0.25, 0.3) is 0 Å². The molecule has 0 aliphatic rings. The number of benzene rings is 1. The van der Waals surface area contributed by atoms with Crippen molar-refractivity contribution in [2.45, 2.75) is 12.2 Å². The molecule has 0 unspecified atom stereocenters. The van der Waals surface area contributed by atoms with Crippen molar-refractivity contribution >= 4 is 21.4 Å². The monoisotopic (exact) mass is 250 g/mol. The van der Waals surface area contributed by atoms with Gasteiger partial charge in [0.05, 0.1) is 11.5 Å². The zero-order chi connectivity index (χ0) is 11.3. The lowest BCUT2D eigenvalue weighted by Gasteiger charge is -2.03. The third kappa shape index (κ3) is 4.62. The molecule has 0 heterocycles. The Morgan fingerprint density at radius 1 is 1.20 bits per heavy atom. The van der Waals surface area contributed by atoms with E-state index in [-0.39, 0.29) is 17.3 Å². The number of alkyl halides is 1. The zero-order valence-corrected chi connectivity index (χ0v) is 9.69. The molecule has 1 aromatic rings. The maximum Gasteiger partial charge on any atom is 0.154 e. The van der Waals surface area contributed by atoms with Crippen molar-refractivity contribution in [1.82, 2.24) is 0 Å². The molecule has 0 aliphatic carbocycles. The van der Waals surface area contributed by atoms with Crippen LogP contribution in [0.4, 0.5) is 4.39 Å². The predicted octanol–water partition coefficient (Wildman–Crippen LogP) is 2.37. The van der Waals surface area contributed by atoms with Crippen molar-refractivity contribution in [1.29, 1.82) is 0 Å². The third-order valence-corrected chi connectivity index (χ3v) is 3.84. The lowest BCUT2D eigenvalue weighted by molar-refractivity contribution is 0.593. The predicted molar refractivity (Wildman–Crippen MR) is 59.2 cm³/mol. The van der Waals surface area contributed by atoms with Crippen LogP contribution < -0.4 is 0 Å². The van der Waals surface area contributed by atoms with Crippen molar-refractivity contribution in [2.24, 2.45) is 0 Å². The highest BCUT2D eigenvalue weighted by atomic mass is 35.5. The van der Waals surface area contributed by atoms with Gasteiger partial charge in [-0.05, 0) is 24.1 Å². The fraction of sp³-hybridized carbons (Fsp3) is 0.400. The molecule has 0 N–H and O–H groups in total. The van der Waals surface area contributed by atoms with Gasteiger partial charge in [-0.1, -0.05) is 12.1 Å². The molecule has 0 saturated carbocycles. The first-order valence-corrected chi connectivity index (χ1v) is 6.90. The molecule has 0 fully saturated rings. The second kappa shape index (κ2) is 5.47. The topological polar surface area (TPSA) is 34.1 Å². The first kappa shape index (κ1) is 12.5. The van der Waals surface area contributed by atoms with Crippen molar-refractivity contribution < 1.29 is 12.8 Å². The van der Waals surface area contributed by atoms with Crippen LogP contribution in [0, 0.1) is 5.82 Å². The lowest BCUT2D eigenvalue weighted by atomic mass is 10.2. The second-order valence-corrected chi connectivity index (χ2v) is 5.82. The zero-order valence-electron chi connectivity index (χ0n) is 8.12. The van der Waals surface area contributed by atoms with Crippen LogP contribution in [0.15, 0.2) is 24.3 Å². The van der Waals surface area contributed by atoms with Gasteiger partial charge in [-0.15, -0.1) is 11.6 Å². The van der Waals surface area contributed by atoms with Gasteiger partial charge >= 0.3 is 0 Å². The van der Waals surface area contributed by atoms with E-state index in [1.807, 2.05) is 0 Å². The van der Waals surface area contributed by atoms with E-state index >= 15 is 0 Å². The Balaban J connectivity index is 2.65. The van der Waals surface area contributed by atoms with E-state index in [2.05, 4.69) is 0 Å². The molecule has 15 heavy (non-hydrogen) atoms. The molecule has 0 bridgehead atoms. The Bertz CT molecular complexity index is 400. The minimum Gasteiger partial charge on any atom is -0.228 e. The molecule has 2 nitrogen and oxygen atoms in total. The molecule has 5 heteroatoms. The molecule has 0 aromatic heterocycles. The maximum atomic E-state index is 12.6. The molecule has 84 valence electrons. The van der Waals surface area contributed by atoms with Crippen LogP contribution in [-0.4, -0.2) is 20.1 Å². The normalized spacial score (nSPS) is 11.6. The lowest BCUT2D eigenvalue weighted by Crippen LogP contribution is -2.09. The summed E-state index contributed by atoms with van der Waals surface area (Å²) in [6.07, 6.45) is 0.449. The van der Waals surface area contributed by atoms with E-state index < -0.39 is 9.84 Å². The van der Waals surface area contributed by atoms with Crippen molar-refractivity contribution in [3.8, 4) is 0 Å². The van der Waals surface area contributed by atoms with Gasteiger partial charge in [-0.2, -0.15) is 0 Å². The van der Waals surface area contributed by atoms with Crippen LogP contribution in [0.25, 0.3) is 0 Å². The SMILES string of the molecule is O=S(=O)(CCCCl)Cc1ccc(F)cc1. The van der Waals surface area contributed by atoms with E-state index in [0.717, 1.165) is 0 Å². The Morgan fingerprint density at radius 3 is 2.33 bits per heavy atom. The van der Waals surface area contributed by atoms with E-state index in [1.165, 1.54) is 24.3 Å². The molecule has 0 spiro atoms. The van der Waals surface area contributed by atoms with E-state index in [9.17, 15) is 12.8 Å². The minimum atomic E-state index is -3.12. The number of hydrogen-bond acceptors (Lipinski definition) is 2. The summed E-state index contributed by atoms with van der Waals surface area (Å²) in [7, 11) is -3.12. The average Bonchev–Trinajstić information content (AvgIpc) is 2.18. The van der Waals surface area contributed by atoms with Gasteiger partial charge in [-0.3, -0.25) is 0 Å². The Kier molecular flexibility index (Phi) is 4.54. The van der Waals surface area contributed by atoms with Crippen LogP contribution in [0.5, 0.6) is 0 Å². The van der Waals surface area contributed by atoms with Crippen molar-refractivity contribution in [3.05, 3.63) is 35.6 Å². The fourth-order valence-electron chi connectivity index (χ4n) is 1.18. The summed E-state index contributed by atoms with van der Waals surface area (Å²) in [5.74, 6) is -0.00218. The van der Waals surface area contributed by atoms with Gasteiger partial charge in [0.2, 0.25) is 0 Å². The van der Waals surface area contributed by atoms with Crippen LogP contribution in [0.1, 0.15) is 12.0 Å². The summed E-state index contributed by atoms with van der Waals surface area (Å²) in [4.78, 5) is 0. The molecule has 0 atom stereocenters. The highest BCUT2D eigenvalue weighted by molar-refractivity contribution is 7.90. The van der Waals surface area contributed by atoms with Gasteiger partial charge in [0.15, 0.2) is 9.84 Å². The standard InChI is InChI=1S/C10H12ClFO2S/c11-6-1-7-15(13,14)8-9-2-4-10(12)5-3-9/h2-5H,1,6-8H2. The van der Waals surface area contributed by atoms with Gasteiger partial charge in [0.1, 0.15) is 5.82 Å². The van der Waals surface area contributed by atoms with Gasteiger partial charge in [-0.25, -0.2) is 12.8 Å². The van der Waals surface area contributed by atoms with E-state index in [1.54, 1.807) is 0 Å². The molecule has 0 aliphatic heterocycles. The average molecular weight is 251 g/mol. The van der Waals surface area contributed by atoms with Crippen molar-refractivity contribution in [3.63, 3.8) is 0 Å². The van der Waals surface area contributed by atoms with Gasteiger partial charge < -0.3 is 0 Å². The number of rotatable bonds is 5. The highest BCUT2D eigenvalue weighted by Gasteiger charge is 2.11. The van der Waals surface area contributed by atoms with Gasteiger partial charge in [0, 0.05) is 5.88 Å². The van der Waals surface area contributed by atoms with Crippen LogP contribution >= 0.6 is 11.6 Å². The number of halogens is 2. The molecular formula is C10H12ClFO2S. The minimum absolute atomic E-state index is 0.0514. The van der Waals surface area contributed by atoms with Crippen molar-refractivity contribution in [2.75, 3.05) is 11.6 Å². The molecule has 1 rings (SSSR count). The van der Waals surface area contributed by atoms with E-state index in [0.29, 0.717) is 17.9 Å².